The second-order valence-corrected chi connectivity index (χ2v) is 6.62. The monoisotopic (exact) mass is 286 g/mol. The van der Waals surface area contributed by atoms with Crippen LogP contribution in [0.15, 0.2) is 5.16 Å². The molecule has 0 fully saturated rings. The third-order valence-corrected chi connectivity index (χ3v) is 4.25. The van der Waals surface area contributed by atoms with Crippen LogP contribution in [0.3, 0.4) is 0 Å². The SMILES string of the molecule is Cc1nnc(SCCCC(C)(CO)NC(C)C)n1C. The minimum atomic E-state index is -0.190. The van der Waals surface area contributed by atoms with Gasteiger partial charge in [0.15, 0.2) is 5.16 Å². The van der Waals surface area contributed by atoms with Gasteiger partial charge in [-0.3, -0.25) is 0 Å². The molecule has 0 aliphatic rings. The molecule has 19 heavy (non-hydrogen) atoms. The van der Waals surface area contributed by atoms with Crippen molar-refractivity contribution in [3.05, 3.63) is 5.82 Å². The van der Waals surface area contributed by atoms with Crippen molar-refractivity contribution in [3.63, 3.8) is 0 Å². The number of aliphatic hydroxyl groups excluding tert-OH is 1. The topological polar surface area (TPSA) is 63.0 Å². The fourth-order valence-corrected chi connectivity index (χ4v) is 2.93. The molecule has 110 valence electrons. The summed E-state index contributed by atoms with van der Waals surface area (Å²) in [5, 5.41) is 22.1. The summed E-state index contributed by atoms with van der Waals surface area (Å²) in [6, 6.07) is 0.381. The summed E-state index contributed by atoms with van der Waals surface area (Å²) < 4.78 is 2.00. The van der Waals surface area contributed by atoms with Gasteiger partial charge in [0.05, 0.1) is 6.61 Å². The summed E-state index contributed by atoms with van der Waals surface area (Å²) in [5.41, 5.74) is -0.190. The predicted octanol–water partition coefficient (Wildman–Crippen LogP) is 1.74. The van der Waals surface area contributed by atoms with Crippen molar-refractivity contribution in [1.82, 2.24) is 20.1 Å². The number of thioether (sulfide) groups is 1. The highest BCUT2D eigenvalue weighted by Gasteiger charge is 2.23. The van der Waals surface area contributed by atoms with Gasteiger partial charge in [-0.25, -0.2) is 0 Å². The van der Waals surface area contributed by atoms with Crippen LogP contribution in [0.5, 0.6) is 0 Å². The molecule has 0 aliphatic carbocycles. The lowest BCUT2D eigenvalue weighted by Crippen LogP contribution is -2.49. The number of hydrogen-bond donors (Lipinski definition) is 2. The molecule has 0 radical (unpaired) electrons. The molecule has 5 nitrogen and oxygen atoms in total. The van der Waals surface area contributed by atoms with Crippen molar-refractivity contribution in [2.45, 2.75) is 57.3 Å². The molecule has 2 N–H and O–H groups in total. The molecule has 0 aliphatic heterocycles. The fraction of sp³-hybridized carbons (Fsp3) is 0.846. The second kappa shape index (κ2) is 7.26. The Kier molecular flexibility index (Phi) is 6.29. The minimum absolute atomic E-state index is 0.166. The number of aryl methyl sites for hydroxylation is 1. The number of aliphatic hydroxyl groups is 1. The molecule has 0 saturated carbocycles. The molecule has 1 heterocycles. The van der Waals surface area contributed by atoms with E-state index in [9.17, 15) is 5.11 Å². The first kappa shape index (κ1) is 16.5. The van der Waals surface area contributed by atoms with Gasteiger partial charge in [-0.1, -0.05) is 25.6 Å². The van der Waals surface area contributed by atoms with Crippen molar-refractivity contribution in [3.8, 4) is 0 Å². The maximum Gasteiger partial charge on any atom is 0.190 e. The van der Waals surface area contributed by atoms with Gasteiger partial charge in [-0.15, -0.1) is 10.2 Å². The van der Waals surface area contributed by atoms with E-state index >= 15 is 0 Å². The van der Waals surface area contributed by atoms with Gasteiger partial charge in [0.1, 0.15) is 5.82 Å². The van der Waals surface area contributed by atoms with Crippen molar-refractivity contribution in [2.75, 3.05) is 12.4 Å². The molecule has 1 aromatic heterocycles. The highest BCUT2D eigenvalue weighted by molar-refractivity contribution is 7.99. The molecule has 0 spiro atoms. The van der Waals surface area contributed by atoms with Crippen molar-refractivity contribution >= 4 is 11.8 Å². The number of aromatic nitrogens is 3. The Morgan fingerprint density at radius 3 is 2.58 bits per heavy atom. The summed E-state index contributed by atoms with van der Waals surface area (Å²) >= 11 is 1.72. The lowest BCUT2D eigenvalue weighted by Gasteiger charge is -2.31. The van der Waals surface area contributed by atoms with E-state index in [1.807, 2.05) is 18.5 Å². The van der Waals surface area contributed by atoms with Crippen LogP contribution in [-0.2, 0) is 7.05 Å². The van der Waals surface area contributed by atoms with Crippen LogP contribution in [0.4, 0.5) is 0 Å². The Labute approximate surface area is 120 Å². The van der Waals surface area contributed by atoms with E-state index in [0.717, 1.165) is 29.6 Å². The van der Waals surface area contributed by atoms with Crippen LogP contribution in [0.1, 0.15) is 39.4 Å². The lowest BCUT2D eigenvalue weighted by atomic mass is 9.96. The lowest BCUT2D eigenvalue weighted by molar-refractivity contribution is 0.156. The first-order valence-corrected chi connectivity index (χ1v) is 7.74. The molecule has 6 heteroatoms. The molecular weight excluding hydrogens is 260 g/mol. The number of hydrogen-bond acceptors (Lipinski definition) is 5. The van der Waals surface area contributed by atoms with Gasteiger partial charge in [-0.2, -0.15) is 0 Å². The minimum Gasteiger partial charge on any atom is -0.394 e. The van der Waals surface area contributed by atoms with Gasteiger partial charge >= 0.3 is 0 Å². The van der Waals surface area contributed by atoms with Crippen LogP contribution in [0.25, 0.3) is 0 Å². The quantitative estimate of drug-likeness (QED) is 0.563. The largest absolute Gasteiger partial charge is 0.394 e. The van der Waals surface area contributed by atoms with E-state index < -0.39 is 0 Å². The third kappa shape index (κ3) is 5.12. The molecule has 1 rings (SSSR count). The van der Waals surface area contributed by atoms with E-state index in [1.54, 1.807) is 11.8 Å². The van der Waals surface area contributed by atoms with Crippen molar-refractivity contribution < 1.29 is 5.11 Å². The summed E-state index contributed by atoms with van der Waals surface area (Å²) in [6.45, 7) is 8.39. The van der Waals surface area contributed by atoms with Crippen LogP contribution in [0.2, 0.25) is 0 Å². The fourth-order valence-electron chi connectivity index (χ4n) is 2.03. The Balaban J connectivity index is 2.35. The van der Waals surface area contributed by atoms with Gasteiger partial charge in [-0.05, 0) is 26.7 Å². The standard InChI is InChI=1S/C13H26N4OS/c1-10(2)14-13(4,9-18)7-6-8-19-12-16-15-11(3)17(12)5/h10,14,18H,6-9H2,1-5H3. The predicted molar refractivity (Wildman–Crippen MR) is 79.5 cm³/mol. The zero-order chi connectivity index (χ0) is 14.5. The molecule has 1 unspecified atom stereocenters. The maximum atomic E-state index is 9.50. The van der Waals surface area contributed by atoms with Gasteiger partial charge in [0.25, 0.3) is 0 Å². The maximum absolute atomic E-state index is 9.50. The zero-order valence-corrected chi connectivity index (χ0v) is 13.4. The Hall–Kier alpha value is -0.590. The smallest absolute Gasteiger partial charge is 0.190 e. The summed E-state index contributed by atoms with van der Waals surface area (Å²) in [7, 11) is 1.98. The summed E-state index contributed by atoms with van der Waals surface area (Å²) in [4.78, 5) is 0. The average Bonchev–Trinajstić information content (AvgIpc) is 2.65. The first-order chi connectivity index (χ1) is 8.88. The van der Waals surface area contributed by atoms with E-state index in [4.69, 9.17) is 0 Å². The van der Waals surface area contributed by atoms with E-state index in [1.165, 1.54) is 0 Å². The van der Waals surface area contributed by atoms with Gasteiger partial charge < -0.3 is 15.0 Å². The molecule has 1 aromatic rings. The Morgan fingerprint density at radius 2 is 2.11 bits per heavy atom. The van der Waals surface area contributed by atoms with Gasteiger partial charge in [0.2, 0.25) is 0 Å². The van der Waals surface area contributed by atoms with Crippen LogP contribution in [0, 0.1) is 6.92 Å². The normalized spacial score (nSPS) is 14.9. The number of nitrogens with zero attached hydrogens (tertiary/aromatic N) is 3. The van der Waals surface area contributed by atoms with Crippen molar-refractivity contribution in [1.29, 1.82) is 0 Å². The Morgan fingerprint density at radius 1 is 1.42 bits per heavy atom. The highest BCUT2D eigenvalue weighted by Crippen LogP contribution is 2.20. The number of rotatable bonds is 8. The molecule has 0 aromatic carbocycles. The third-order valence-electron chi connectivity index (χ3n) is 3.14. The van der Waals surface area contributed by atoms with Crippen molar-refractivity contribution in [2.24, 2.45) is 7.05 Å². The second-order valence-electron chi connectivity index (χ2n) is 5.56. The zero-order valence-electron chi connectivity index (χ0n) is 12.6. The molecular formula is C13H26N4OS. The molecule has 0 amide bonds. The molecule has 1 atom stereocenters. The summed E-state index contributed by atoms with van der Waals surface area (Å²) in [6.07, 6.45) is 1.98. The highest BCUT2D eigenvalue weighted by atomic mass is 32.2. The van der Waals surface area contributed by atoms with E-state index in [0.29, 0.717) is 6.04 Å². The summed E-state index contributed by atoms with van der Waals surface area (Å²) in [5.74, 6) is 1.92. The van der Waals surface area contributed by atoms with Crippen LogP contribution >= 0.6 is 11.8 Å². The molecule has 0 bridgehead atoms. The molecule has 0 saturated heterocycles. The van der Waals surface area contributed by atoms with Gasteiger partial charge in [0, 0.05) is 24.4 Å². The van der Waals surface area contributed by atoms with Crippen LogP contribution < -0.4 is 5.32 Å². The van der Waals surface area contributed by atoms with E-state index in [-0.39, 0.29) is 12.1 Å². The first-order valence-electron chi connectivity index (χ1n) is 6.75. The Bertz CT molecular complexity index is 394. The van der Waals surface area contributed by atoms with Crippen LogP contribution in [-0.4, -0.2) is 43.8 Å². The average molecular weight is 286 g/mol. The van der Waals surface area contributed by atoms with E-state index in [2.05, 4.69) is 36.3 Å². The number of nitrogens with one attached hydrogen (secondary N) is 1.